The molecule has 0 spiro atoms. The summed E-state index contributed by atoms with van der Waals surface area (Å²) in [5.74, 6) is 1.39. The number of amides is 1. The van der Waals surface area contributed by atoms with Gasteiger partial charge in [-0.05, 0) is 18.8 Å². The Bertz CT molecular complexity index is 459. The summed E-state index contributed by atoms with van der Waals surface area (Å²) in [6.45, 7) is 6.91. The summed E-state index contributed by atoms with van der Waals surface area (Å²) in [6.07, 6.45) is 6.86. The molecule has 24 heavy (non-hydrogen) atoms. The van der Waals surface area contributed by atoms with Gasteiger partial charge in [-0.15, -0.1) is 0 Å². The van der Waals surface area contributed by atoms with Gasteiger partial charge in [0.2, 0.25) is 5.91 Å². The van der Waals surface area contributed by atoms with Gasteiger partial charge < -0.3 is 9.64 Å². The molecule has 6 heteroatoms. The Morgan fingerprint density at radius 1 is 1.25 bits per heavy atom. The first-order chi connectivity index (χ1) is 11.6. The van der Waals surface area contributed by atoms with Crippen molar-refractivity contribution in [3.8, 4) is 0 Å². The van der Waals surface area contributed by atoms with Crippen molar-refractivity contribution < 1.29 is 14.3 Å². The lowest BCUT2D eigenvalue weighted by Gasteiger charge is -2.49. The van der Waals surface area contributed by atoms with Crippen LogP contribution in [0.5, 0.6) is 0 Å². The van der Waals surface area contributed by atoms with Crippen molar-refractivity contribution in [3.05, 3.63) is 0 Å². The molecular formula is C18H30N2O3S. The van der Waals surface area contributed by atoms with E-state index in [9.17, 15) is 9.59 Å². The van der Waals surface area contributed by atoms with Gasteiger partial charge in [0.25, 0.3) is 0 Å². The maximum atomic E-state index is 12.5. The van der Waals surface area contributed by atoms with Gasteiger partial charge in [0.15, 0.2) is 5.12 Å². The van der Waals surface area contributed by atoms with Gasteiger partial charge in [0, 0.05) is 50.8 Å². The van der Waals surface area contributed by atoms with Gasteiger partial charge in [-0.1, -0.05) is 31.0 Å². The fourth-order valence-corrected chi connectivity index (χ4v) is 5.22. The summed E-state index contributed by atoms with van der Waals surface area (Å²) in [6, 6.07) is 0. The fourth-order valence-electron chi connectivity index (χ4n) is 4.53. The summed E-state index contributed by atoms with van der Waals surface area (Å²) in [5.41, 5.74) is 0.153. The van der Waals surface area contributed by atoms with E-state index in [1.807, 2.05) is 0 Å². The third-order valence-electron chi connectivity index (χ3n) is 5.77. The molecule has 1 saturated carbocycles. The Morgan fingerprint density at radius 3 is 2.62 bits per heavy atom. The zero-order chi connectivity index (χ0) is 17.0. The van der Waals surface area contributed by atoms with Crippen LogP contribution in [0.2, 0.25) is 0 Å². The number of carbonyl (C=O) groups is 2. The molecule has 2 heterocycles. The number of hydrogen-bond donors (Lipinski definition) is 0. The minimum atomic E-state index is 0.151. The van der Waals surface area contributed by atoms with Crippen LogP contribution in [0.1, 0.15) is 45.4 Å². The van der Waals surface area contributed by atoms with Gasteiger partial charge in [-0.25, -0.2) is 0 Å². The van der Waals surface area contributed by atoms with Crippen molar-refractivity contribution in [1.29, 1.82) is 0 Å². The maximum Gasteiger partial charge on any atom is 0.223 e. The highest BCUT2D eigenvalue weighted by molar-refractivity contribution is 8.13. The predicted octanol–water partition coefficient (Wildman–Crippen LogP) is 2.15. The standard InChI is InChI=1S/C18H30N2O3S/c1-15(21)24-13-16-11-17(22)19(12-16)14-18(5-3-2-4-6-18)20-7-9-23-10-8-20/h16H,2-14H2,1H3. The van der Waals surface area contributed by atoms with Crippen LogP contribution >= 0.6 is 11.8 Å². The summed E-state index contributed by atoms with van der Waals surface area (Å²) in [4.78, 5) is 28.4. The Labute approximate surface area is 149 Å². The zero-order valence-electron chi connectivity index (χ0n) is 14.8. The number of likely N-dealkylation sites (tertiary alicyclic amines) is 1. The molecule has 0 aromatic heterocycles. The molecule has 3 fully saturated rings. The maximum absolute atomic E-state index is 12.5. The lowest BCUT2D eigenvalue weighted by Crippen LogP contribution is -2.59. The third kappa shape index (κ3) is 4.33. The number of thioether (sulfide) groups is 1. The zero-order valence-corrected chi connectivity index (χ0v) is 15.6. The van der Waals surface area contributed by atoms with Crippen molar-refractivity contribution in [1.82, 2.24) is 9.80 Å². The van der Waals surface area contributed by atoms with Gasteiger partial charge in [0.1, 0.15) is 0 Å². The number of morpholine rings is 1. The molecular weight excluding hydrogens is 324 g/mol. The van der Waals surface area contributed by atoms with E-state index in [1.165, 1.54) is 43.9 Å². The van der Waals surface area contributed by atoms with Gasteiger partial charge in [-0.3, -0.25) is 14.5 Å². The molecule has 3 rings (SSSR count). The first kappa shape index (κ1) is 18.2. The Morgan fingerprint density at radius 2 is 1.96 bits per heavy atom. The molecule has 1 aliphatic carbocycles. The van der Waals surface area contributed by atoms with E-state index in [0.717, 1.165) is 45.1 Å². The van der Waals surface area contributed by atoms with Gasteiger partial charge in [0.05, 0.1) is 13.2 Å². The minimum absolute atomic E-state index is 0.151. The van der Waals surface area contributed by atoms with E-state index >= 15 is 0 Å². The highest BCUT2D eigenvalue weighted by atomic mass is 32.2. The monoisotopic (exact) mass is 354 g/mol. The number of carbonyl (C=O) groups excluding carboxylic acids is 2. The predicted molar refractivity (Wildman–Crippen MR) is 96.0 cm³/mol. The van der Waals surface area contributed by atoms with Crippen molar-refractivity contribution >= 4 is 22.8 Å². The first-order valence-electron chi connectivity index (χ1n) is 9.33. The second-order valence-corrected chi connectivity index (χ2v) is 8.73. The molecule has 2 aliphatic heterocycles. The molecule has 136 valence electrons. The second-order valence-electron chi connectivity index (χ2n) is 7.53. The lowest BCUT2D eigenvalue weighted by atomic mass is 9.79. The molecule has 1 unspecified atom stereocenters. The lowest BCUT2D eigenvalue weighted by molar-refractivity contribution is -0.131. The summed E-state index contributed by atoms with van der Waals surface area (Å²) in [7, 11) is 0. The van der Waals surface area contributed by atoms with Crippen LogP contribution < -0.4 is 0 Å². The van der Waals surface area contributed by atoms with Crippen molar-refractivity contribution in [2.75, 3.05) is 45.1 Å². The Hall–Kier alpha value is -0.590. The van der Waals surface area contributed by atoms with Crippen LogP contribution in [-0.4, -0.2) is 71.5 Å². The van der Waals surface area contributed by atoms with Crippen LogP contribution in [0, 0.1) is 5.92 Å². The van der Waals surface area contributed by atoms with Crippen LogP contribution in [0.25, 0.3) is 0 Å². The Balaban J connectivity index is 1.64. The van der Waals surface area contributed by atoms with Crippen molar-refractivity contribution in [2.24, 2.45) is 5.92 Å². The summed E-state index contributed by atoms with van der Waals surface area (Å²) >= 11 is 1.36. The van der Waals surface area contributed by atoms with Crippen LogP contribution in [-0.2, 0) is 14.3 Å². The van der Waals surface area contributed by atoms with E-state index < -0.39 is 0 Å². The molecule has 5 nitrogen and oxygen atoms in total. The summed E-state index contributed by atoms with van der Waals surface area (Å²) in [5, 5.41) is 0.151. The number of rotatable bonds is 5. The van der Waals surface area contributed by atoms with Gasteiger partial charge >= 0.3 is 0 Å². The molecule has 0 aromatic carbocycles. The smallest absolute Gasteiger partial charge is 0.223 e. The van der Waals surface area contributed by atoms with E-state index in [1.54, 1.807) is 6.92 Å². The topological polar surface area (TPSA) is 49.9 Å². The average molecular weight is 355 g/mol. The van der Waals surface area contributed by atoms with Crippen molar-refractivity contribution in [2.45, 2.75) is 51.0 Å². The van der Waals surface area contributed by atoms with Gasteiger partial charge in [-0.2, -0.15) is 0 Å². The average Bonchev–Trinajstić information content (AvgIpc) is 2.94. The van der Waals surface area contributed by atoms with Crippen LogP contribution in [0.3, 0.4) is 0 Å². The van der Waals surface area contributed by atoms with Crippen LogP contribution in [0.15, 0.2) is 0 Å². The second kappa shape index (κ2) is 8.19. The number of hydrogen-bond acceptors (Lipinski definition) is 5. The molecule has 1 atom stereocenters. The van der Waals surface area contributed by atoms with Crippen LogP contribution in [0.4, 0.5) is 0 Å². The molecule has 0 bridgehead atoms. The summed E-state index contributed by atoms with van der Waals surface area (Å²) < 4.78 is 5.54. The van der Waals surface area contributed by atoms with E-state index in [2.05, 4.69) is 9.80 Å². The molecule has 2 saturated heterocycles. The van der Waals surface area contributed by atoms with E-state index in [4.69, 9.17) is 4.74 Å². The number of nitrogens with zero attached hydrogens (tertiary/aromatic N) is 2. The SMILES string of the molecule is CC(=O)SCC1CC(=O)N(CC2(N3CCOCC3)CCCCC2)C1. The van der Waals surface area contributed by atoms with Crippen molar-refractivity contribution in [3.63, 3.8) is 0 Å². The fraction of sp³-hybridized carbons (Fsp3) is 0.889. The highest BCUT2D eigenvalue weighted by Gasteiger charge is 2.42. The van der Waals surface area contributed by atoms with E-state index in [-0.39, 0.29) is 16.6 Å². The largest absolute Gasteiger partial charge is 0.379 e. The molecule has 0 radical (unpaired) electrons. The highest BCUT2D eigenvalue weighted by Crippen LogP contribution is 2.36. The van der Waals surface area contributed by atoms with E-state index in [0.29, 0.717) is 12.3 Å². The minimum Gasteiger partial charge on any atom is -0.379 e. The number of ether oxygens (including phenoxy) is 1. The quantitative estimate of drug-likeness (QED) is 0.757. The Kier molecular flexibility index (Phi) is 6.22. The third-order valence-corrected chi connectivity index (χ3v) is 6.81. The molecule has 3 aliphatic rings. The molecule has 0 N–H and O–H groups in total. The first-order valence-corrected chi connectivity index (χ1v) is 10.3. The molecule has 0 aromatic rings. The normalized spacial score (nSPS) is 28.3. The molecule has 1 amide bonds.